The molecule has 0 aliphatic rings. The second-order valence-corrected chi connectivity index (χ2v) is 0.846. The van der Waals surface area contributed by atoms with E-state index in [4.69, 9.17) is 5.73 Å². The third kappa shape index (κ3) is 3.76. The molecule has 0 aromatic rings. The summed E-state index contributed by atoms with van der Waals surface area (Å²) in [7, 11) is 1.75. The lowest BCUT2D eigenvalue weighted by Crippen LogP contribution is -1.89. The molecule has 0 rings (SSSR count). The van der Waals surface area contributed by atoms with Gasteiger partial charge in [-0.15, -0.1) is 0 Å². The van der Waals surface area contributed by atoms with E-state index < -0.39 is 0 Å². The second kappa shape index (κ2) is 0.989. The van der Waals surface area contributed by atoms with E-state index in [0.717, 1.165) is 0 Å². The van der Waals surface area contributed by atoms with Crippen LogP contribution in [0.4, 0.5) is 0 Å². The Kier molecular flexibility index (Phi) is 0.891. The average Bonchev–Trinajstić information content (AvgIpc) is 0.811. The SMILES string of the molecule is BC(=C)N. The molecule has 1 nitrogen and oxygen atoms in total. The van der Waals surface area contributed by atoms with Gasteiger partial charge < -0.3 is 5.73 Å². The Balaban J connectivity index is 2.80. The molecule has 0 atom stereocenters. The van der Waals surface area contributed by atoms with Gasteiger partial charge in [0.05, 0.1) is 0 Å². The average molecular weight is 54.9 g/mol. The Morgan fingerprint density at radius 3 is 2.00 bits per heavy atom. The molecule has 0 radical (unpaired) electrons. The summed E-state index contributed by atoms with van der Waals surface area (Å²) in [5, 5.41) is 0. The summed E-state index contributed by atoms with van der Waals surface area (Å²) in [6.45, 7) is 3.33. The molecule has 2 heteroatoms. The van der Waals surface area contributed by atoms with E-state index in [1.165, 1.54) is 0 Å². The van der Waals surface area contributed by atoms with E-state index in [0.29, 0.717) is 5.60 Å². The molecule has 0 unspecified atom stereocenters. The molecule has 0 bridgehead atoms. The minimum Gasteiger partial charge on any atom is -0.411 e. The maximum absolute atomic E-state index is 4.92. The number of hydrogen-bond acceptors (Lipinski definition) is 1. The molecule has 0 spiro atoms. The van der Waals surface area contributed by atoms with Gasteiger partial charge in [-0.1, -0.05) is 6.58 Å². The molecule has 4 heavy (non-hydrogen) atoms. The van der Waals surface area contributed by atoms with Gasteiger partial charge in [0.1, 0.15) is 0 Å². The fraction of sp³-hybridized carbons (Fsp3) is 0. The first-order chi connectivity index (χ1) is 1.73. The van der Waals surface area contributed by atoms with E-state index in [-0.39, 0.29) is 0 Å². The Morgan fingerprint density at radius 1 is 2.00 bits per heavy atom. The van der Waals surface area contributed by atoms with Crippen LogP contribution in [-0.4, -0.2) is 7.85 Å². The summed E-state index contributed by atoms with van der Waals surface area (Å²) >= 11 is 0. The summed E-state index contributed by atoms with van der Waals surface area (Å²) < 4.78 is 0. The molecule has 0 saturated carbocycles. The van der Waals surface area contributed by atoms with Crippen LogP contribution in [0.5, 0.6) is 0 Å². The zero-order valence-electron chi connectivity index (χ0n) is 2.78. The van der Waals surface area contributed by atoms with E-state index in [2.05, 4.69) is 6.58 Å². The summed E-state index contributed by atoms with van der Waals surface area (Å²) in [5.74, 6) is 0. The predicted octanol–water partition coefficient (Wildman–Crippen LogP) is -0.951. The molecular weight excluding hydrogens is 48.8 g/mol. The smallest absolute Gasteiger partial charge is 0.159 e. The van der Waals surface area contributed by atoms with Gasteiger partial charge >= 0.3 is 0 Å². The van der Waals surface area contributed by atoms with Gasteiger partial charge in [-0.25, -0.2) is 0 Å². The van der Waals surface area contributed by atoms with Gasteiger partial charge in [0, 0.05) is 0 Å². The summed E-state index contributed by atoms with van der Waals surface area (Å²) in [6.07, 6.45) is 0. The highest BCUT2D eigenvalue weighted by atomic mass is 14.5. The van der Waals surface area contributed by atoms with Gasteiger partial charge in [0.2, 0.25) is 0 Å². The van der Waals surface area contributed by atoms with Crippen molar-refractivity contribution in [2.75, 3.05) is 0 Å². The fourth-order valence-corrected chi connectivity index (χ4v) is 0. The second-order valence-electron chi connectivity index (χ2n) is 0.846. The van der Waals surface area contributed by atoms with Crippen molar-refractivity contribution in [1.29, 1.82) is 0 Å². The summed E-state index contributed by atoms with van der Waals surface area (Å²) in [5.41, 5.74) is 5.58. The predicted molar refractivity (Wildman–Crippen MR) is 21.9 cm³/mol. The minimum absolute atomic E-state index is 0.667. The first kappa shape index (κ1) is 3.60. The van der Waals surface area contributed by atoms with Crippen molar-refractivity contribution in [3.8, 4) is 0 Å². The number of hydrogen-bond donors (Lipinski definition) is 1. The maximum atomic E-state index is 4.92. The van der Waals surface area contributed by atoms with Gasteiger partial charge in [-0.3, -0.25) is 0 Å². The normalized spacial score (nSPS) is 6.00. The van der Waals surface area contributed by atoms with Crippen LogP contribution < -0.4 is 5.73 Å². The largest absolute Gasteiger partial charge is 0.411 e. The summed E-state index contributed by atoms with van der Waals surface area (Å²) in [6, 6.07) is 0. The van der Waals surface area contributed by atoms with E-state index in [1.807, 2.05) is 0 Å². The maximum Gasteiger partial charge on any atom is 0.159 e. The van der Waals surface area contributed by atoms with Crippen LogP contribution in [0.1, 0.15) is 0 Å². The van der Waals surface area contributed by atoms with Crippen LogP contribution in [-0.2, 0) is 0 Å². The van der Waals surface area contributed by atoms with E-state index in [1.54, 1.807) is 7.85 Å². The van der Waals surface area contributed by atoms with Crippen molar-refractivity contribution in [1.82, 2.24) is 0 Å². The van der Waals surface area contributed by atoms with Crippen LogP contribution in [0.15, 0.2) is 12.2 Å². The minimum atomic E-state index is 0.667. The lowest BCUT2D eigenvalue weighted by Gasteiger charge is -1.68. The zero-order chi connectivity index (χ0) is 3.58. The lowest BCUT2D eigenvalue weighted by molar-refractivity contribution is 1.57. The van der Waals surface area contributed by atoms with Crippen LogP contribution >= 0.6 is 0 Å². The highest BCUT2D eigenvalue weighted by molar-refractivity contribution is 6.20. The summed E-state index contributed by atoms with van der Waals surface area (Å²) in [4.78, 5) is 0. The van der Waals surface area contributed by atoms with Crippen molar-refractivity contribution in [3.05, 3.63) is 12.2 Å². The Hall–Kier alpha value is -0.395. The van der Waals surface area contributed by atoms with Crippen molar-refractivity contribution >= 4 is 7.85 Å². The highest BCUT2D eigenvalue weighted by Crippen LogP contribution is 1.48. The van der Waals surface area contributed by atoms with Crippen LogP contribution in [0.2, 0.25) is 0 Å². The standard InChI is InChI=1S/C2H6BN/c1-2(3)4/h1,3-4H2. The van der Waals surface area contributed by atoms with Crippen LogP contribution in [0, 0.1) is 0 Å². The molecule has 0 aromatic carbocycles. The molecule has 0 aliphatic heterocycles. The third-order valence-electron chi connectivity index (χ3n) is 0. The first-order valence-corrected chi connectivity index (χ1v) is 1.14. The number of nitrogens with two attached hydrogens (primary N) is 1. The molecule has 0 aromatic heterocycles. The van der Waals surface area contributed by atoms with Crippen LogP contribution in [0.25, 0.3) is 0 Å². The molecule has 22 valence electrons. The van der Waals surface area contributed by atoms with Gasteiger partial charge in [-0.05, 0) is 5.60 Å². The van der Waals surface area contributed by atoms with Crippen LogP contribution in [0.3, 0.4) is 0 Å². The topological polar surface area (TPSA) is 26.0 Å². The molecule has 2 N–H and O–H groups in total. The van der Waals surface area contributed by atoms with Gasteiger partial charge in [-0.2, -0.15) is 0 Å². The Morgan fingerprint density at radius 2 is 2.00 bits per heavy atom. The molecule has 0 aliphatic carbocycles. The van der Waals surface area contributed by atoms with Gasteiger partial charge in [0.25, 0.3) is 0 Å². The highest BCUT2D eigenvalue weighted by Gasteiger charge is 1.52. The molecule has 0 saturated heterocycles. The zero-order valence-corrected chi connectivity index (χ0v) is 2.78. The third-order valence-corrected chi connectivity index (χ3v) is 0. The fourth-order valence-electron chi connectivity index (χ4n) is 0. The van der Waals surface area contributed by atoms with Gasteiger partial charge in [0.15, 0.2) is 7.85 Å². The Bertz CT molecular complexity index is 29.0. The molecular formula is C2H6BN. The number of rotatable bonds is 0. The quantitative estimate of drug-likeness (QED) is 0.355. The molecule has 0 amide bonds. The lowest BCUT2D eigenvalue weighted by atomic mass is 10.1. The Labute approximate surface area is 26.9 Å². The first-order valence-electron chi connectivity index (χ1n) is 1.14. The molecule has 0 heterocycles. The van der Waals surface area contributed by atoms with E-state index in [9.17, 15) is 0 Å². The van der Waals surface area contributed by atoms with Crippen molar-refractivity contribution in [2.45, 2.75) is 0 Å². The monoisotopic (exact) mass is 55.1 g/mol. The van der Waals surface area contributed by atoms with Crippen molar-refractivity contribution in [2.24, 2.45) is 5.73 Å². The molecule has 0 fully saturated rings. The van der Waals surface area contributed by atoms with Crippen molar-refractivity contribution in [3.63, 3.8) is 0 Å². The van der Waals surface area contributed by atoms with Crippen molar-refractivity contribution < 1.29 is 0 Å². The van der Waals surface area contributed by atoms with E-state index >= 15 is 0 Å².